The molecule has 0 saturated heterocycles. The molecule has 0 atom stereocenters. The largest absolute Gasteiger partial charge is 0.269 e. The van der Waals surface area contributed by atoms with Gasteiger partial charge in [-0.15, -0.1) is 0 Å². The molecular weight excluding hydrogens is 233 g/mol. The first-order valence-electron chi connectivity index (χ1n) is 4.36. The van der Waals surface area contributed by atoms with Gasteiger partial charge in [0, 0.05) is 0 Å². The van der Waals surface area contributed by atoms with Gasteiger partial charge in [-0.3, -0.25) is 9.36 Å². The highest BCUT2D eigenvalue weighted by Crippen LogP contribution is 2.14. The van der Waals surface area contributed by atoms with Gasteiger partial charge in [-0.2, -0.15) is 5.26 Å². The summed E-state index contributed by atoms with van der Waals surface area (Å²) in [6.45, 7) is -0.211. The van der Waals surface area contributed by atoms with Crippen molar-refractivity contribution in [2.24, 2.45) is 0 Å². The zero-order valence-corrected chi connectivity index (χ0v) is 8.70. The minimum atomic E-state index is -0.611. The Bertz CT molecular complexity index is 659. The normalized spacial score (nSPS) is 10.3. The number of rotatable bonds is 1. The molecule has 0 aliphatic rings. The second-order valence-electron chi connectivity index (χ2n) is 3.07. The molecule has 0 fully saturated rings. The molecule has 0 aliphatic carbocycles. The third-order valence-electron chi connectivity index (χ3n) is 2.12. The van der Waals surface area contributed by atoms with E-state index in [9.17, 15) is 9.18 Å². The zero-order chi connectivity index (χ0) is 11.7. The molecule has 80 valence electrons. The van der Waals surface area contributed by atoms with Gasteiger partial charge in [0.05, 0.1) is 11.5 Å². The predicted molar refractivity (Wildman–Crippen MR) is 56.6 cm³/mol. The summed E-state index contributed by atoms with van der Waals surface area (Å²) in [7, 11) is 0. The summed E-state index contributed by atoms with van der Waals surface area (Å²) in [5.74, 6) is -0.611. The number of nitriles is 1. The fourth-order valence-electron chi connectivity index (χ4n) is 1.39. The van der Waals surface area contributed by atoms with Crippen molar-refractivity contribution in [3.05, 3.63) is 39.7 Å². The molecule has 1 aromatic heterocycles. The number of fused-ring (bicyclic) bond motifs is 1. The van der Waals surface area contributed by atoms with E-state index in [4.69, 9.17) is 16.9 Å². The van der Waals surface area contributed by atoms with Gasteiger partial charge >= 0.3 is 0 Å². The van der Waals surface area contributed by atoms with Crippen LogP contribution in [-0.4, -0.2) is 9.55 Å². The number of halogens is 2. The summed E-state index contributed by atoms with van der Waals surface area (Å²) in [5.41, 5.74) is -0.595. The van der Waals surface area contributed by atoms with Gasteiger partial charge in [0.25, 0.3) is 5.56 Å². The first-order chi connectivity index (χ1) is 7.65. The summed E-state index contributed by atoms with van der Waals surface area (Å²) >= 11 is 5.69. The van der Waals surface area contributed by atoms with Gasteiger partial charge in [-0.05, 0) is 23.7 Å². The lowest BCUT2D eigenvalue weighted by molar-refractivity contribution is 0.634. The van der Waals surface area contributed by atoms with E-state index in [0.29, 0.717) is 0 Å². The van der Waals surface area contributed by atoms with Crippen LogP contribution in [0, 0.1) is 17.1 Å². The SMILES string of the molecule is N#CCn1c(Cl)nc2c(F)cccc2c1=O. The first kappa shape index (κ1) is 10.6. The van der Waals surface area contributed by atoms with Crippen LogP contribution in [0.5, 0.6) is 0 Å². The van der Waals surface area contributed by atoms with Crippen molar-refractivity contribution in [3.8, 4) is 6.07 Å². The Morgan fingerprint density at radius 2 is 2.31 bits per heavy atom. The molecule has 16 heavy (non-hydrogen) atoms. The van der Waals surface area contributed by atoms with Gasteiger partial charge in [0.2, 0.25) is 5.28 Å². The van der Waals surface area contributed by atoms with Gasteiger partial charge in [0.1, 0.15) is 17.9 Å². The van der Waals surface area contributed by atoms with Crippen LogP contribution in [0.4, 0.5) is 4.39 Å². The Hall–Kier alpha value is -1.93. The van der Waals surface area contributed by atoms with Crippen molar-refractivity contribution < 1.29 is 4.39 Å². The number of hydrogen-bond donors (Lipinski definition) is 0. The molecule has 1 heterocycles. The molecule has 2 rings (SSSR count). The third kappa shape index (κ3) is 1.53. The fourth-order valence-corrected chi connectivity index (χ4v) is 1.61. The second-order valence-corrected chi connectivity index (χ2v) is 3.40. The Kier molecular flexibility index (Phi) is 2.59. The standard InChI is InChI=1S/C10H5ClFN3O/c11-10-14-8-6(2-1-3-7(8)12)9(16)15(10)5-4-13/h1-3H,5H2. The molecule has 0 aliphatic heterocycles. The lowest BCUT2D eigenvalue weighted by Gasteiger charge is -2.05. The Balaban J connectivity index is 2.91. The predicted octanol–water partition coefficient (Wildman–Crippen LogP) is 1.71. The van der Waals surface area contributed by atoms with Crippen molar-refractivity contribution in [2.45, 2.75) is 6.54 Å². The van der Waals surface area contributed by atoms with Crippen LogP contribution in [0.3, 0.4) is 0 Å². The molecule has 0 saturated carbocycles. The minimum absolute atomic E-state index is 0.0771. The van der Waals surface area contributed by atoms with Crippen molar-refractivity contribution in [3.63, 3.8) is 0 Å². The van der Waals surface area contributed by atoms with Crippen LogP contribution in [0.25, 0.3) is 10.9 Å². The van der Waals surface area contributed by atoms with Crippen LogP contribution >= 0.6 is 11.6 Å². The number of nitrogens with zero attached hydrogens (tertiary/aromatic N) is 3. The van der Waals surface area contributed by atoms with Crippen LogP contribution in [0.1, 0.15) is 0 Å². The van der Waals surface area contributed by atoms with Crippen molar-refractivity contribution in [2.75, 3.05) is 0 Å². The smallest absolute Gasteiger partial charge is 0.263 e. The summed E-state index contributed by atoms with van der Waals surface area (Å²) in [4.78, 5) is 15.6. The van der Waals surface area contributed by atoms with Gasteiger partial charge in [-0.1, -0.05) is 6.07 Å². The summed E-state index contributed by atoms with van der Waals surface area (Å²) < 4.78 is 14.3. The molecular formula is C10H5ClFN3O. The third-order valence-corrected chi connectivity index (χ3v) is 2.41. The molecule has 2 aromatic rings. The Labute approximate surface area is 94.5 Å². The molecule has 0 radical (unpaired) electrons. The van der Waals surface area contributed by atoms with Gasteiger partial charge in [-0.25, -0.2) is 9.37 Å². The number of aromatic nitrogens is 2. The molecule has 0 N–H and O–H groups in total. The molecule has 0 spiro atoms. The maximum absolute atomic E-state index is 13.3. The topological polar surface area (TPSA) is 58.7 Å². The maximum atomic E-state index is 13.3. The summed E-state index contributed by atoms with van der Waals surface area (Å²) in [5, 5.41) is 8.45. The van der Waals surface area contributed by atoms with E-state index in [1.165, 1.54) is 18.2 Å². The van der Waals surface area contributed by atoms with E-state index >= 15 is 0 Å². The Morgan fingerprint density at radius 1 is 1.56 bits per heavy atom. The van der Waals surface area contributed by atoms with Crippen LogP contribution in [-0.2, 0) is 6.54 Å². The van der Waals surface area contributed by atoms with Crippen LogP contribution in [0.15, 0.2) is 23.0 Å². The van der Waals surface area contributed by atoms with E-state index in [0.717, 1.165) is 4.57 Å². The van der Waals surface area contributed by atoms with Crippen molar-refractivity contribution in [1.82, 2.24) is 9.55 Å². The van der Waals surface area contributed by atoms with E-state index < -0.39 is 11.4 Å². The van der Waals surface area contributed by atoms with Crippen LogP contribution in [0.2, 0.25) is 5.28 Å². The highest BCUT2D eigenvalue weighted by molar-refractivity contribution is 6.28. The molecule has 0 amide bonds. The highest BCUT2D eigenvalue weighted by Gasteiger charge is 2.11. The lowest BCUT2D eigenvalue weighted by atomic mass is 10.2. The molecule has 1 aromatic carbocycles. The van der Waals surface area contributed by atoms with Gasteiger partial charge < -0.3 is 0 Å². The second kappa shape index (κ2) is 3.91. The van der Waals surface area contributed by atoms with Crippen molar-refractivity contribution in [1.29, 1.82) is 5.26 Å². The number of benzene rings is 1. The van der Waals surface area contributed by atoms with E-state index in [1.807, 2.05) is 0 Å². The average Bonchev–Trinajstić information content (AvgIpc) is 2.26. The number of para-hydroxylation sites is 1. The Morgan fingerprint density at radius 3 is 3.00 bits per heavy atom. The zero-order valence-electron chi connectivity index (χ0n) is 7.94. The summed E-state index contributed by atoms with van der Waals surface area (Å²) in [6.07, 6.45) is 0. The monoisotopic (exact) mass is 237 g/mol. The minimum Gasteiger partial charge on any atom is -0.269 e. The highest BCUT2D eigenvalue weighted by atomic mass is 35.5. The molecule has 0 unspecified atom stereocenters. The summed E-state index contributed by atoms with van der Waals surface area (Å²) in [6, 6.07) is 5.83. The average molecular weight is 238 g/mol. The quantitative estimate of drug-likeness (QED) is 0.710. The first-order valence-corrected chi connectivity index (χ1v) is 4.74. The van der Waals surface area contributed by atoms with Crippen molar-refractivity contribution >= 4 is 22.5 Å². The van der Waals surface area contributed by atoms with Crippen LogP contribution < -0.4 is 5.56 Å². The van der Waals surface area contributed by atoms with E-state index in [-0.39, 0.29) is 22.7 Å². The molecule has 6 heteroatoms. The molecule has 0 bridgehead atoms. The van der Waals surface area contributed by atoms with E-state index in [1.54, 1.807) is 6.07 Å². The molecule has 4 nitrogen and oxygen atoms in total. The maximum Gasteiger partial charge on any atom is 0.263 e. The van der Waals surface area contributed by atoms with Gasteiger partial charge in [0.15, 0.2) is 0 Å². The fraction of sp³-hybridized carbons (Fsp3) is 0.100. The number of hydrogen-bond acceptors (Lipinski definition) is 3. The van der Waals surface area contributed by atoms with E-state index in [2.05, 4.69) is 4.98 Å². The lowest BCUT2D eigenvalue weighted by Crippen LogP contribution is -2.22.